The van der Waals surface area contributed by atoms with E-state index in [9.17, 15) is 4.79 Å². The fraction of sp³-hybridized carbons (Fsp3) is 0.280. The van der Waals surface area contributed by atoms with Gasteiger partial charge in [0.25, 0.3) is 5.91 Å². The Bertz CT molecular complexity index is 1170. The van der Waals surface area contributed by atoms with Crippen molar-refractivity contribution in [3.8, 4) is 11.5 Å². The third-order valence-corrected chi connectivity index (χ3v) is 6.06. The number of hydrogen-bond acceptors (Lipinski definition) is 7. The van der Waals surface area contributed by atoms with Gasteiger partial charge in [-0.15, -0.1) is 0 Å². The lowest BCUT2D eigenvalue weighted by Crippen LogP contribution is -2.20. The number of ether oxygens (including phenoxy) is 2. The molecular formula is C25H27BrN4O3S. The summed E-state index contributed by atoms with van der Waals surface area (Å²) in [6, 6.07) is 13.7. The lowest BCUT2D eigenvalue weighted by molar-refractivity contribution is -0.118. The maximum atomic E-state index is 12.2. The topological polar surface area (TPSA) is 85.7 Å². The van der Waals surface area contributed by atoms with Crippen molar-refractivity contribution in [2.24, 2.45) is 5.10 Å². The van der Waals surface area contributed by atoms with Gasteiger partial charge in [0.1, 0.15) is 6.61 Å². The highest BCUT2D eigenvalue weighted by Gasteiger charge is 2.11. The summed E-state index contributed by atoms with van der Waals surface area (Å²) in [4.78, 5) is 20.8. The van der Waals surface area contributed by atoms with Gasteiger partial charge in [-0.05, 0) is 67.4 Å². The normalized spacial score (nSPS) is 11.0. The molecule has 2 aromatic carbocycles. The number of hydrazone groups is 1. The van der Waals surface area contributed by atoms with Crippen molar-refractivity contribution in [3.05, 3.63) is 75.0 Å². The molecule has 0 saturated heterocycles. The zero-order valence-corrected chi connectivity index (χ0v) is 22.0. The molecule has 0 spiro atoms. The Morgan fingerprint density at radius 3 is 2.53 bits per heavy atom. The highest BCUT2D eigenvalue weighted by atomic mass is 79.9. The van der Waals surface area contributed by atoms with E-state index in [2.05, 4.69) is 55.5 Å². The monoisotopic (exact) mass is 542 g/mol. The summed E-state index contributed by atoms with van der Waals surface area (Å²) in [5.74, 6) is 1.15. The number of nitrogens with zero attached hydrogens (tertiary/aromatic N) is 3. The highest BCUT2D eigenvalue weighted by Crippen LogP contribution is 2.34. The maximum Gasteiger partial charge on any atom is 0.250 e. The molecule has 0 aliphatic heterocycles. The van der Waals surface area contributed by atoms with Crippen LogP contribution in [0.2, 0.25) is 0 Å². The minimum absolute atomic E-state index is 0.164. The molecule has 1 amide bonds. The number of rotatable bonds is 10. The second-order valence-corrected chi connectivity index (χ2v) is 9.34. The first-order valence-corrected chi connectivity index (χ1v) is 12.5. The number of aryl methyl sites for hydroxylation is 3. The number of nitrogens with one attached hydrogen (secondary N) is 1. The van der Waals surface area contributed by atoms with Gasteiger partial charge in [0.15, 0.2) is 16.7 Å². The molecule has 0 unspecified atom stereocenters. The Balaban J connectivity index is 1.61. The minimum atomic E-state index is -0.247. The van der Waals surface area contributed by atoms with Gasteiger partial charge in [-0.1, -0.05) is 41.6 Å². The zero-order chi connectivity index (χ0) is 24.5. The van der Waals surface area contributed by atoms with Crippen molar-refractivity contribution in [2.75, 3.05) is 12.4 Å². The summed E-state index contributed by atoms with van der Waals surface area (Å²) >= 11 is 4.82. The quantitative estimate of drug-likeness (QED) is 0.160. The van der Waals surface area contributed by atoms with E-state index < -0.39 is 0 Å². The molecule has 0 aliphatic carbocycles. The number of thioether (sulfide) groups is 1. The largest absolute Gasteiger partial charge is 0.490 e. The first-order valence-electron chi connectivity index (χ1n) is 10.8. The van der Waals surface area contributed by atoms with Gasteiger partial charge in [-0.25, -0.2) is 15.4 Å². The van der Waals surface area contributed by atoms with E-state index in [-0.39, 0.29) is 11.7 Å². The lowest BCUT2D eigenvalue weighted by atomic mass is 10.1. The van der Waals surface area contributed by atoms with E-state index in [1.807, 2.05) is 51.1 Å². The number of hydrogen-bond donors (Lipinski definition) is 1. The van der Waals surface area contributed by atoms with Crippen LogP contribution in [-0.4, -0.2) is 34.4 Å². The average Bonchev–Trinajstić information content (AvgIpc) is 2.78. The summed E-state index contributed by atoms with van der Waals surface area (Å²) in [5.41, 5.74) is 7.29. The maximum absolute atomic E-state index is 12.2. The fourth-order valence-electron chi connectivity index (χ4n) is 3.09. The van der Waals surface area contributed by atoms with E-state index >= 15 is 0 Å². The zero-order valence-electron chi connectivity index (χ0n) is 19.6. The average molecular weight is 543 g/mol. The highest BCUT2D eigenvalue weighted by molar-refractivity contribution is 9.10. The summed E-state index contributed by atoms with van der Waals surface area (Å²) in [6.07, 6.45) is 1.56. The van der Waals surface area contributed by atoms with Gasteiger partial charge in [0.05, 0.1) is 18.6 Å². The summed E-state index contributed by atoms with van der Waals surface area (Å²) in [6.45, 7) is 8.69. The lowest BCUT2D eigenvalue weighted by Gasteiger charge is -2.14. The molecule has 178 valence electrons. The van der Waals surface area contributed by atoms with Crippen LogP contribution in [0.3, 0.4) is 0 Å². The fourth-order valence-corrected chi connectivity index (χ4v) is 4.25. The van der Waals surface area contributed by atoms with Crippen LogP contribution in [0, 0.1) is 20.8 Å². The Kier molecular flexibility index (Phi) is 9.47. The molecule has 1 aromatic heterocycles. The Hall–Kier alpha value is -2.91. The number of carbonyl (C=O) groups excluding carboxylic acids is 1. The van der Waals surface area contributed by atoms with Gasteiger partial charge in [0.2, 0.25) is 0 Å². The van der Waals surface area contributed by atoms with Gasteiger partial charge in [-0.3, -0.25) is 4.79 Å². The number of amides is 1. The molecule has 1 heterocycles. The first-order chi connectivity index (χ1) is 16.3. The number of aromatic nitrogens is 2. The molecule has 9 heteroatoms. The summed E-state index contributed by atoms with van der Waals surface area (Å²) in [7, 11) is 0. The molecule has 0 atom stereocenters. The molecular weight excluding hydrogens is 516 g/mol. The van der Waals surface area contributed by atoms with Crippen molar-refractivity contribution >= 4 is 39.8 Å². The standard InChI is InChI=1S/C25H27BrN4O3S/c1-5-32-22-11-20(21(26)12-23(22)33-14-19-8-6-7-16(2)9-19)13-27-30-24(31)15-34-25-28-17(3)10-18(4)29-25/h6-13H,5,14-15H2,1-4H3,(H,30,31)/b27-13-. The second kappa shape index (κ2) is 12.5. The summed E-state index contributed by atoms with van der Waals surface area (Å²) < 4.78 is 12.6. The third kappa shape index (κ3) is 7.85. The smallest absolute Gasteiger partial charge is 0.250 e. The van der Waals surface area contributed by atoms with Gasteiger partial charge >= 0.3 is 0 Å². The van der Waals surface area contributed by atoms with E-state index in [1.54, 1.807) is 6.21 Å². The predicted octanol–water partition coefficient (Wildman–Crippen LogP) is 5.38. The third-order valence-electron chi connectivity index (χ3n) is 4.53. The van der Waals surface area contributed by atoms with Crippen molar-refractivity contribution in [1.29, 1.82) is 0 Å². The molecule has 1 N–H and O–H groups in total. The Morgan fingerprint density at radius 2 is 1.82 bits per heavy atom. The van der Waals surface area contributed by atoms with Gasteiger partial charge in [-0.2, -0.15) is 5.10 Å². The van der Waals surface area contributed by atoms with Crippen molar-refractivity contribution in [1.82, 2.24) is 15.4 Å². The molecule has 0 fully saturated rings. The van der Waals surface area contributed by atoms with Crippen LogP contribution >= 0.6 is 27.7 Å². The first kappa shape index (κ1) is 25.7. The predicted molar refractivity (Wildman–Crippen MR) is 139 cm³/mol. The molecule has 0 bridgehead atoms. The van der Waals surface area contributed by atoms with E-state index in [1.165, 1.54) is 17.3 Å². The number of halogens is 1. The molecule has 7 nitrogen and oxygen atoms in total. The van der Waals surface area contributed by atoms with Crippen LogP contribution in [0.15, 0.2) is 57.2 Å². The minimum Gasteiger partial charge on any atom is -0.490 e. The van der Waals surface area contributed by atoms with Crippen LogP contribution in [0.5, 0.6) is 11.5 Å². The molecule has 3 aromatic rings. The Labute approximate surface area is 212 Å². The molecule has 34 heavy (non-hydrogen) atoms. The molecule has 3 rings (SSSR count). The second-order valence-electron chi connectivity index (χ2n) is 7.55. The number of carbonyl (C=O) groups is 1. The van der Waals surface area contributed by atoms with E-state index in [0.717, 1.165) is 27.0 Å². The van der Waals surface area contributed by atoms with Crippen LogP contribution in [0.1, 0.15) is 35.0 Å². The Morgan fingerprint density at radius 1 is 1.09 bits per heavy atom. The SMILES string of the molecule is CCOc1cc(/C=N\NC(=O)CSc2nc(C)cc(C)n2)c(Br)cc1OCc1cccc(C)c1. The van der Waals surface area contributed by atoms with E-state index in [4.69, 9.17) is 9.47 Å². The van der Waals surface area contributed by atoms with Crippen LogP contribution in [0.4, 0.5) is 0 Å². The van der Waals surface area contributed by atoms with Crippen LogP contribution in [0.25, 0.3) is 0 Å². The summed E-state index contributed by atoms with van der Waals surface area (Å²) in [5, 5.41) is 4.65. The molecule has 0 radical (unpaired) electrons. The number of benzene rings is 2. The van der Waals surface area contributed by atoms with Crippen molar-refractivity contribution in [2.45, 2.75) is 39.5 Å². The van der Waals surface area contributed by atoms with Crippen LogP contribution in [-0.2, 0) is 11.4 Å². The van der Waals surface area contributed by atoms with Crippen molar-refractivity contribution in [3.63, 3.8) is 0 Å². The molecule has 0 aliphatic rings. The van der Waals surface area contributed by atoms with Crippen LogP contribution < -0.4 is 14.9 Å². The van der Waals surface area contributed by atoms with Gasteiger partial charge in [0, 0.05) is 21.4 Å². The van der Waals surface area contributed by atoms with E-state index in [0.29, 0.717) is 29.9 Å². The van der Waals surface area contributed by atoms with Gasteiger partial charge < -0.3 is 9.47 Å². The van der Waals surface area contributed by atoms with Crippen molar-refractivity contribution < 1.29 is 14.3 Å². The molecule has 0 saturated carbocycles.